The van der Waals surface area contributed by atoms with Gasteiger partial charge in [0.05, 0.1) is 5.92 Å². The van der Waals surface area contributed by atoms with Gasteiger partial charge in [-0.25, -0.2) is 0 Å². The predicted octanol–water partition coefficient (Wildman–Crippen LogP) is 3.92. The molecule has 2 aliphatic rings. The van der Waals surface area contributed by atoms with Crippen molar-refractivity contribution in [2.45, 2.75) is 44.6 Å². The van der Waals surface area contributed by atoms with Gasteiger partial charge in [0.2, 0.25) is 0 Å². The van der Waals surface area contributed by atoms with Crippen molar-refractivity contribution in [1.82, 2.24) is 5.32 Å². The summed E-state index contributed by atoms with van der Waals surface area (Å²) in [6.07, 6.45) is 6.35. The SMILES string of the molecule is O=C(O)C1CCCCC1CNC1CCc2cc(Br)ccc21. The molecule has 0 aliphatic heterocycles. The maximum atomic E-state index is 11.4. The summed E-state index contributed by atoms with van der Waals surface area (Å²) in [5.74, 6) is -0.481. The Morgan fingerprint density at radius 3 is 2.90 bits per heavy atom. The summed E-state index contributed by atoms with van der Waals surface area (Å²) in [4.78, 5) is 11.4. The number of rotatable bonds is 4. The summed E-state index contributed by atoms with van der Waals surface area (Å²) >= 11 is 3.52. The van der Waals surface area contributed by atoms with Crippen LogP contribution < -0.4 is 5.32 Å². The second-order valence-corrected chi connectivity index (χ2v) is 7.25. The van der Waals surface area contributed by atoms with Gasteiger partial charge in [0, 0.05) is 10.5 Å². The Morgan fingerprint density at radius 1 is 1.29 bits per heavy atom. The van der Waals surface area contributed by atoms with Gasteiger partial charge in [0.15, 0.2) is 0 Å². The Morgan fingerprint density at radius 2 is 2.10 bits per heavy atom. The van der Waals surface area contributed by atoms with E-state index in [0.717, 1.165) is 43.1 Å². The van der Waals surface area contributed by atoms with Crippen LogP contribution in [0, 0.1) is 11.8 Å². The molecule has 1 aromatic carbocycles. The summed E-state index contributed by atoms with van der Waals surface area (Å²) in [7, 11) is 0. The van der Waals surface area contributed by atoms with Gasteiger partial charge < -0.3 is 10.4 Å². The Kier molecular flexibility index (Phi) is 4.65. The zero-order valence-corrected chi connectivity index (χ0v) is 13.7. The molecule has 0 heterocycles. The normalized spacial score (nSPS) is 28.3. The fraction of sp³-hybridized carbons (Fsp3) is 0.588. The smallest absolute Gasteiger partial charge is 0.306 e. The molecule has 21 heavy (non-hydrogen) atoms. The molecule has 1 fully saturated rings. The molecule has 114 valence electrons. The largest absolute Gasteiger partial charge is 0.481 e. The standard InChI is InChI=1S/C17H22BrNO2/c18-13-6-7-14-11(9-13)5-8-16(14)19-10-12-3-1-2-4-15(12)17(20)21/h6-7,9,12,15-16,19H,1-5,8,10H2,(H,20,21). The number of aliphatic carboxylic acids is 1. The number of hydrogen-bond acceptors (Lipinski definition) is 2. The van der Waals surface area contributed by atoms with E-state index in [4.69, 9.17) is 0 Å². The molecule has 1 saturated carbocycles. The molecule has 3 rings (SSSR count). The highest BCUT2D eigenvalue weighted by molar-refractivity contribution is 9.10. The van der Waals surface area contributed by atoms with Crippen LogP contribution in [0.2, 0.25) is 0 Å². The first-order valence-electron chi connectivity index (χ1n) is 7.89. The third-order valence-electron chi connectivity index (χ3n) is 5.04. The monoisotopic (exact) mass is 351 g/mol. The Labute approximate surface area is 134 Å². The Hall–Kier alpha value is -0.870. The van der Waals surface area contributed by atoms with Crippen LogP contribution in [0.25, 0.3) is 0 Å². The topological polar surface area (TPSA) is 49.3 Å². The summed E-state index contributed by atoms with van der Waals surface area (Å²) in [6, 6.07) is 6.89. The van der Waals surface area contributed by atoms with E-state index in [-0.39, 0.29) is 11.8 Å². The van der Waals surface area contributed by atoms with Gasteiger partial charge in [-0.05, 0) is 61.4 Å². The van der Waals surface area contributed by atoms with Gasteiger partial charge >= 0.3 is 5.97 Å². The average Bonchev–Trinajstić information content (AvgIpc) is 2.87. The van der Waals surface area contributed by atoms with Gasteiger partial charge in [-0.2, -0.15) is 0 Å². The zero-order chi connectivity index (χ0) is 14.8. The second kappa shape index (κ2) is 6.49. The number of carboxylic acids is 1. The molecule has 0 spiro atoms. The van der Waals surface area contributed by atoms with E-state index in [0.29, 0.717) is 6.04 Å². The number of carboxylic acid groups (broad SMARTS) is 1. The molecule has 1 aromatic rings. The quantitative estimate of drug-likeness (QED) is 0.864. The van der Waals surface area contributed by atoms with Crippen molar-refractivity contribution in [1.29, 1.82) is 0 Å². The van der Waals surface area contributed by atoms with Gasteiger partial charge in [-0.3, -0.25) is 4.79 Å². The Balaban J connectivity index is 1.62. The number of hydrogen-bond donors (Lipinski definition) is 2. The third kappa shape index (κ3) is 3.32. The lowest BCUT2D eigenvalue weighted by Crippen LogP contribution is -2.35. The molecule has 2 aliphatic carbocycles. The van der Waals surface area contributed by atoms with E-state index >= 15 is 0 Å². The molecule has 0 aromatic heterocycles. The lowest BCUT2D eigenvalue weighted by atomic mass is 9.79. The number of benzene rings is 1. The molecular formula is C17H22BrNO2. The van der Waals surface area contributed by atoms with Crippen molar-refractivity contribution in [2.75, 3.05) is 6.54 Å². The van der Waals surface area contributed by atoms with Crippen molar-refractivity contribution in [3.63, 3.8) is 0 Å². The first-order chi connectivity index (χ1) is 10.1. The minimum atomic E-state index is -0.614. The second-order valence-electron chi connectivity index (χ2n) is 6.33. The summed E-state index contributed by atoms with van der Waals surface area (Å²) in [5.41, 5.74) is 2.81. The van der Waals surface area contributed by atoms with Crippen LogP contribution in [0.15, 0.2) is 22.7 Å². The van der Waals surface area contributed by atoms with E-state index in [1.165, 1.54) is 17.5 Å². The van der Waals surface area contributed by atoms with Crippen molar-refractivity contribution < 1.29 is 9.90 Å². The fourth-order valence-electron chi connectivity index (χ4n) is 3.87. The lowest BCUT2D eigenvalue weighted by Gasteiger charge is -2.30. The number of halogens is 1. The third-order valence-corrected chi connectivity index (χ3v) is 5.53. The van der Waals surface area contributed by atoms with Crippen LogP contribution in [0.3, 0.4) is 0 Å². The summed E-state index contributed by atoms with van der Waals surface area (Å²) < 4.78 is 1.14. The molecule has 3 atom stereocenters. The van der Waals surface area contributed by atoms with Crippen LogP contribution in [0.4, 0.5) is 0 Å². The van der Waals surface area contributed by atoms with E-state index in [2.05, 4.69) is 39.4 Å². The van der Waals surface area contributed by atoms with Crippen molar-refractivity contribution >= 4 is 21.9 Å². The first kappa shape index (κ1) is 15.0. The van der Waals surface area contributed by atoms with Crippen LogP contribution in [0.5, 0.6) is 0 Å². The maximum absolute atomic E-state index is 11.4. The highest BCUT2D eigenvalue weighted by atomic mass is 79.9. The van der Waals surface area contributed by atoms with Crippen molar-refractivity contribution in [2.24, 2.45) is 11.8 Å². The highest BCUT2D eigenvalue weighted by Gasteiger charge is 2.31. The van der Waals surface area contributed by atoms with Crippen LogP contribution in [0.1, 0.15) is 49.3 Å². The minimum absolute atomic E-state index is 0.156. The molecule has 0 radical (unpaired) electrons. The number of fused-ring (bicyclic) bond motifs is 1. The summed E-state index contributed by atoms with van der Waals surface area (Å²) in [6.45, 7) is 0.830. The maximum Gasteiger partial charge on any atom is 0.306 e. The molecule has 3 nitrogen and oxygen atoms in total. The number of aryl methyl sites for hydroxylation is 1. The zero-order valence-electron chi connectivity index (χ0n) is 12.1. The van der Waals surface area contributed by atoms with Crippen molar-refractivity contribution in [3.8, 4) is 0 Å². The van der Waals surface area contributed by atoms with Gasteiger partial charge in [-0.1, -0.05) is 34.8 Å². The molecule has 2 N–H and O–H groups in total. The molecular weight excluding hydrogens is 330 g/mol. The Bertz CT molecular complexity index is 532. The number of carbonyl (C=O) groups is 1. The average molecular weight is 352 g/mol. The number of nitrogens with one attached hydrogen (secondary N) is 1. The lowest BCUT2D eigenvalue weighted by molar-refractivity contribution is -0.144. The van der Waals surface area contributed by atoms with E-state index in [1.807, 2.05) is 0 Å². The molecule has 0 bridgehead atoms. The van der Waals surface area contributed by atoms with Gasteiger partial charge in [0.1, 0.15) is 0 Å². The van der Waals surface area contributed by atoms with E-state index in [1.54, 1.807) is 0 Å². The van der Waals surface area contributed by atoms with E-state index < -0.39 is 5.97 Å². The summed E-state index contributed by atoms with van der Waals surface area (Å²) in [5, 5.41) is 13.0. The minimum Gasteiger partial charge on any atom is -0.481 e. The van der Waals surface area contributed by atoms with Crippen LogP contribution in [-0.2, 0) is 11.2 Å². The van der Waals surface area contributed by atoms with Crippen molar-refractivity contribution in [3.05, 3.63) is 33.8 Å². The van der Waals surface area contributed by atoms with Gasteiger partial charge in [0.25, 0.3) is 0 Å². The predicted molar refractivity (Wildman–Crippen MR) is 86.3 cm³/mol. The highest BCUT2D eigenvalue weighted by Crippen LogP contribution is 2.34. The van der Waals surface area contributed by atoms with Crippen LogP contribution >= 0.6 is 15.9 Å². The van der Waals surface area contributed by atoms with E-state index in [9.17, 15) is 9.90 Å². The van der Waals surface area contributed by atoms with Gasteiger partial charge in [-0.15, -0.1) is 0 Å². The molecule has 0 amide bonds. The first-order valence-corrected chi connectivity index (χ1v) is 8.69. The van der Waals surface area contributed by atoms with Crippen LogP contribution in [-0.4, -0.2) is 17.6 Å². The molecule has 3 unspecified atom stereocenters. The molecule has 4 heteroatoms. The fourth-order valence-corrected chi connectivity index (χ4v) is 4.28. The molecule has 0 saturated heterocycles.